The molecular weight excluding hydrogens is 362 g/mol. The SMILES string of the molecule is Cc1ccc(S(=O)(=O)N(Cc2ccccc2)c2ccc(C(=O)O)cc2)cc1. The van der Waals surface area contributed by atoms with E-state index in [0.29, 0.717) is 5.69 Å². The van der Waals surface area contributed by atoms with E-state index in [0.717, 1.165) is 11.1 Å². The summed E-state index contributed by atoms with van der Waals surface area (Å²) in [5.74, 6) is -1.06. The fourth-order valence-corrected chi connectivity index (χ4v) is 4.12. The van der Waals surface area contributed by atoms with Crippen molar-refractivity contribution < 1.29 is 18.3 Å². The van der Waals surface area contributed by atoms with E-state index < -0.39 is 16.0 Å². The molecule has 0 spiro atoms. The van der Waals surface area contributed by atoms with Gasteiger partial charge in [-0.2, -0.15) is 0 Å². The number of hydrogen-bond acceptors (Lipinski definition) is 3. The number of aromatic carboxylic acids is 1. The van der Waals surface area contributed by atoms with Crippen molar-refractivity contribution in [1.82, 2.24) is 0 Å². The molecular formula is C21H19NO4S. The monoisotopic (exact) mass is 381 g/mol. The molecule has 0 aromatic heterocycles. The van der Waals surface area contributed by atoms with Crippen LogP contribution in [0.25, 0.3) is 0 Å². The van der Waals surface area contributed by atoms with Crippen LogP contribution in [0.15, 0.2) is 83.8 Å². The van der Waals surface area contributed by atoms with Gasteiger partial charge in [-0.1, -0.05) is 48.0 Å². The number of sulfonamides is 1. The van der Waals surface area contributed by atoms with E-state index in [-0.39, 0.29) is 17.0 Å². The van der Waals surface area contributed by atoms with Gasteiger partial charge in [-0.25, -0.2) is 13.2 Å². The largest absolute Gasteiger partial charge is 0.478 e. The Morgan fingerprint density at radius 3 is 2.04 bits per heavy atom. The molecule has 0 atom stereocenters. The predicted octanol–water partition coefficient (Wildman–Crippen LogP) is 4.09. The Hall–Kier alpha value is -3.12. The second kappa shape index (κ2) is 7.63. The number of rotatable bonds is 6. The molecule has 1 N–H and O–H groups in total. The molecule has 0 saturated heterocycles. The van der Waals surface area contributed by atoms with Crippen molar-refractivity contribution in [1.29, 1.82) is 0 Å². The van der Waals surface area contributed by atoms with Crippen LogP contribution in [0, 0.1) is 6.92 Å². The van der Waals surface area contributed by atoms with E-state index in [2.05, 4.69) is 0 Å². The van der Waals surface area contributed by atoms with Crippen molar-refractivity contribution in [3.8, 4) is 0 Å². The Bertz CT molecular complexity index is 1030. The van der Waals surface area contributed by atoms with Gasteiger partial charge < -0.3 is 5.11 Å². The lowest BCUT2D eigenvalue weighted by atomic mass is 10.2. The zero-order valence-corrected chi connectivity index (χ0v) is 15.6. The third-order valence-corrected chi connectivity index (χ3v) is 5.97. The summed E-state index contributed by atoms with van der Waals surface area (Å²) in [6.45, 7) is 2.03. The summed E-state index contributed by atoms with van der Waals surface area (Å²) in [4.78, 5) is 11.3. The molecule has 138 valence electrons. The van der Waals surface area contributed by atoms with Crippen molar-refractivity contribution in [2.24, 2.45) is 0 Å². The van der Waals surface area contributed by atoms with Gasteiger partial charge in [0.2, 0.25) is 0 Å². The third-order valence-electron chi connectivity index (χ3n) is 4.18. The van der Waals surface area contributed by atoms with Gasteiger partial charge in [-0.15, -0.1) is 0 Å². The van der Waals surface area contributed by atoms with E-state index in [1.54, 1.807) is 24.3 Å². The molecule has 6 heteroatoms. The zero-order chi connectivity index (χ0) is 19.4. The summed E-state index contributed by atoms with van der Waals surface area (Å²) in [5.41, 5.74) is 2.31. The third kappa shape index (κ3) is 4.17. The van der Waals surface area contributed by atoms with Crippen molar-refractivity contribution in [3.63, 3.8) is 0 Å². The van der Waals surface area contributed by atoms with Crippen LogP contribution in [0.1, 0.15) is 21.5 Å². The minimum atomic E-state index is -3.82. The summed E-state index contributed by atoms with van der Waals surface area (Å²) in [7, 11) is -3.82. The van der Waals surface area contributed by atoms with E-state index >= 15 is 0 Å². The fourth-order valence-electron chi connectivity index (χ4n) is 2.67. The lowest BCUT2D eigenvalue weighted by molar-refractivity contribution is 0.0697. The standard InChI is InChI=1S/C21H19NO4S/c1-16-7-13-20(14-8-16)27(25,26)22(15-17-5-3-2-4-6-17)19-11-9-18(10-12-19)21(23)24/h2-14H,15H2,1H3,(H,23,24). The summed E-state index contributed by atoms with van der Waals surface area (Å²) < 4.78 is 27.8. The molecule has 0 aliphatic rings. The first-order valence-electron chi connectivity index (χ1n) is 8.34. The number of carbonyl (C=O) groups is 1. The molecule has 5 nitrogen and oxygen atoms in total. The van der Waals surface area contributed by atoms with Gasteiger partial charge in [0.1, 0.15) is 0 Å². The van der Waals surface area contributed by atoms with E-state index in [1.165, 1.54) is 28.6 Å². The number of aryl methyl sites for hydroxylation is 1. The summed E-state index contributed by atoms with van der Waals surface area (Å²) in [6.07, 6.45) is 0. The normalized spacial score (nSPS) is 11.1. The van der Waals surface area contributed by atoms with Crippen LogP contribution in [0.3, 0.4) is 0 Å². The van der Waals surface area contributed by atoms with Crippen molar-refractivity contribution in [2.75, 3.05) is 4.31 Å². The molecule has 0 aliphatic carbocycles. The minimum absolute atomic E-state index is 0.103. The molecule has 0 heterocycles. The lowest BCUT2D eigenvalue weighted by Gasteiger charge is -2.25. The highest BCUT2D eigenvalue weighted by Gasteiger charge is 2.25. The zero-order valence-electron chi connectivity index (χ0n) is 14.7. The average Bonchev–Trinajstić information content (AvgIpc) is 2.67. The van der Waals surface area contributed by atoms with Gasteiger partial charge in [0, 0.05) is 0 Å². The maximum absolute atomic E-state index is 13.3. The number of benzene rings is 3. The molecule has 27 heavy (non-hydrogen) atoms. The summed E-state index contributed by atoms with van der Waals surface area (Å²) in [6, 6.07) is 21.7. The predicted molar refractivity (Wildman–Crippen MR) is 104 cm³/mol. The summed E-state index contributed by atoms with van der Waals surface area (Å²) >= 11 is 0. The Labute approximate surface area is 158 Å². The quantitative estimate of drug-likeness (QED) is 0.698. The average molecular weight is 381 g/mol. The van der Waals surface area contributed by atoms with Crippen molar-refractivity contribution in [3.05, 3.63) is 95.6 Å². The van der Waals surface area contributed by atoms with Gasteiger partial charge in [0.05, 0.1) is 22.7 Å². The lowest BCUT2D eigenvalue weighted by Crippen LogP contribution is -2.30. The molecule has 0 bridgehead atoms. The minimum Gasteiger partial charge on any atom is -0.478 e. The topological polar surface area (TPSA) is 74.7 Å². The first-order valence-corrected chi connectivity index (χ1v) is 9.78. The maximum atomic E-state index is 13.3. The molecule has 0 radical (unpaired) electrons. The fraction of sp³-hybridized carbons (Fsp3) is 0.0952. The van der Waals surface area contributed by atoms with Gasteiger partial charge in [0.15, 0.2) is 0 Å². The van der Waals surface area contributed by atoms with Crippen molar-refractivity contribution >= 4 is 21.7 Å². The number of carboxylic acids is 1. The van der Waals surface area contributed by atoms with E-state index in [9.17, 15) is 13.2 Å². The van der Waals surface area contributed by atoms with Gasteiger partial charge >= 0.3 is 5.97 Å². The van der Waals surface area contributed by atoms with Crippen LogP contribution in [-0.2, 0) is 16.6 Å². The first kappa shape index (κ1) is 18.7. The summed E-state index contributed by atoms with van der Waals surface area (Å²) in [5, 5.41) is 9.08. The van der Waals surface area contributed by atoms with Crippen LogP contribution >= 0.6 is 0 Å². The highest BCUT2D eigenvalue weighted by molar-refractivity contribution is 7.92. The Morgan fingerprint density at radius 1 is 0.889 bits per heavy atom. The number of hydrogen-bond donors (Lipinski definition) is 1. The highest BCUT2D eigenvalue weighted by atomic mass is 32.2. The molecule has 0 unspecified atom stereocenters. The number of anilines is 1. The molecule has 3 rings (SSSR count). The van der Waals surface area contributed by atoms with Gasteiger partial charge in [-0.3, -0.25) is 4.31 Å². The second-order valence-electron chi connectivity index (χ2n) is 6.16. The highest BCUT2D eigenvalue weighted by Crippen LogP contribution is 2.26. The van der Waals surface area contributed by atoms with E-state index in [4.69, 9.17) is 5.11 Å². The Balaban J connectivity index is 2.06. The molecule has 0 aliphatic heterocycles. The Morgan fingerprint density at radius 2 is 1.48 bits per heavy atom. The smallest absolute Gasteiger partial charge is 0.335 e. The van der Waals surface area contributed by atoms with Gasteiger partial charge in [0.25, 0.3) is 10.0 Å². The molecule has 0 fully saturated rings. The van der Waals surface area contributed by atoms with Crippen LogP contribution < -0.4 is 4.31 Å². The molecule has 3 aromatic rings. The first-order chi connectivity index (χ1) is 12.9. The van der Waals surface area contributed by atoms with Gasteiger partial charge in [-0.05, 0) is 48.9 Å². The van der Waals surface area contributed by atoms with Crippen LogP contribution in [0.5, 0.6) is 0 Å². The second-order valence-corrected chi connectivity index (χ2v) is 8.02. The number of carboxylic acid groups (broad SMARTS) is 1. The van der Waals surface area contributed by atoms with Crippen LogP contribution in [0.2, 0.25) is 0 Å². The molecule has 0 saturated carbocycles. The Kier molecular flexibility index (Phi) is 5.28. The van der Waals surface area contributed by atoms with Crippen LogP contribution in [0.4, 0.5) is 5.69 Å². The molecule has 0 amide bonds. The molecule has 3 aromatic carbocycles. The van der Waals surface area contributed by atoms with Crippen molar-refractivity contribution in [2.45, 2.75) is 18.4 Å². The van der Waals surface area contributed by atoms with E-state index in [1.807, 2.05) is 37.3 Å². The number of nitrogens with zero attached hydrogens (tertiary/aromatic N) is 1. The van der Waals surface area contributed by atoms with Crippen LogP contribution in [-0.4, -0.2) is 19.5 Å². The maximum Gasteiger partial charge on any atom is 0.335 e.